The van der Waals surface area contributed by atoms with Crippen LogP contribution in [0.4, 0.5) is 19.0 Å². The first kappa shape index (κ1) is 18.6. The Kier molecular flexibility index (Phi) is 4.44. The third-order valence-electron chi connectivity index (χ3n) is 5.33. The summed E-state index contributed by atoms with van der Waals surface area (Å²) in [5.41, 5.74) is 3.68. The van der Waals surface area contributed by atoms with Crippen molar-refractivity contribution in [3.63, 3.8) is 0 Å². The topological polar surface area (TPSA) is 46.8 Å². The number of carbonyl (C=O) groups excluding carboxylic acids is 1. The number of carbonyl (C=O) groups is 1. The molecule has 4 rings (SSSR count). The van der Waals surface area contributed by atoms with Crippen LogP contribution in [0, 0.1) is 12.8 Å². The number of anilines is 1. The summed E-state index contributed by atoms with van der Waals surface area (Å²) in [6.07, 6.45) is -2.09. The fourth-order valence-corrected chi connectivity index (χ4v) is 3.85. The molecule has 148 valence electrons. The van der Waals surface area contributed by atoms with Crippen LogP contribution in [0.2, 0.25) is 0 Å². The minimum absolute atomic E-state index is 0.0528. The molecule has 0 N–H and O–H groups in total. The molecule has 3 heterocycles. The maximum Gasteiger partial charge on any atom is 0.391 e. The van der Waals surface area contributed by atoms with E-state index in [1.807, 2.05) is 28.5 Å². The van der Waals surface area contributed by atoms with E-state index in [9.17, 15) is 18.0 Å². The predicted molar refractivity (Wildman–Crippen MR) is 99.8 cm³/mol. The standard InChI is InChI=1S/C20H20F3N3O2/c1-12-9-17-18(25-7-5-14(6-8-25)20(21,22)23)24-15-10-13(19(27)28-2)3-4-16(15)26(17)11-12/h3-4,9-11,14H,5-8H2,1-2H3. The third kappa shape index (κ3) is 3.16. The van der Waals surface area contributed by atoms with E-state index in [4.69, 9.17) is 9.72 Å². The lowest BCUT2D eigenvalue weighted by molar-refractivity contribution is -0.179. The molecule has 1 aliphatic heterocycles. The van der Waals surface area contributed by atoms with Crippen molar-refractivity contribution >= 4 is 28.3 Å². The predicted octanol–water partition coefficient (Wildman–Crippen LogP) is 4.36. The Morgan fingerprint density at radius 1 is 1.18 bits per heavy atom. The zero-order valence-electron chi connectivity index (χ0n) is 15.6. The van der Waals surface area contributed by atoms with Gasteiger partial charge in [-0.05, 0) is 49.6 Å². The van der Waals surface area contributed by atoms with Crippen LogP contribution in [0.5, 0.6) is 0 Å². The SMILES string of the molecule is COC(=O)c1ccc2c(c1)nc(N1CCC(C(F)(F)F)CC1)c1cc(C)cn12. The van der Waals surface area contributed by atoms with Gasteiger partial charge in [-0.1, -0.05) is 0 Å². The molecule has 0 spiro atoms. The Hall–Kier alpha value is -2.77. The molecule has 0 amide bonds. The van der Waals surface area contributed by atoms with Gasteiger partial charge in [0.2, 0.25) is 0 Å². The molecule has 0 radical (unpaired) electrons. The third-order valence-corrected chi connectivity index (χ3v) is 5.33. The van der Waals surface area contributed by atoms with Gasteiger partial charge in [-0.15, -0.1) is 0 Å². The summed E-state index contributed by atoms with van der Waals surface area (Å²) in [4.78, 5) is 18.5. The molecule has 0 atom stereocenters. The quantitative estimate of drug-likeness (QED) is 0.609. The first-order chi connectivity index (χ1) is 13.3. The molecule has 1 aliphatic rings. The van der Waals surface area contributed by atoms with E-state index in [0.717, 1.165) is 16.6 Å². The Morgan fingerprint density at radius 2 is 1.89 bits per heavy atom. The van der Waals surface area contributed by atoms with Gasteiger partial charge in [0, 0.05) is 19.3 Å². The molecule has 1 saturated heterocycles. The smallest absolute Gasteiger partial charge is 0.391 e. The van der Waals surface area contributed by atoms with Crippen molar-refractivity contribution in [2.24, 2.45) is 5.92 Å². The minimum Gasteiger partial charge on any atom is -0.465 e. The zero-order chi connectivity index (χ0) is 20.1. The number of ether oxygens (including phenoxy) is 1. The second-order valence-corrected chi connectivity index (χ2v) is 7.21. The van der Waals surface area contributed by atoms with Gasteiger partial charge in [0.25, 0.3) is 0 Å². The van der Waals surface area contributed by atoms with E-state index in [0.29, 0.717) is 30.0 Å². The number of rotatable bonds is 2. The number of aryl methyl sites for hydroxylation is 1. The van der Waals surface area contributed by atoms with E-state index < -0.39 is 18.1 Å². The van der Waals surface area contributed by atoms with Crippen LogP contribution in [0.3, 0.4) is 0 Å². The average molecular weight is 391 g/mol. The van der Waals surface area contributed by atoms with Gasteiger partial charge < -0.3 is 14.0 Å². The highest BCUT2D eigenvalue weighted by Crippen LogP contribution is 2.36. The number of benzene rings is 1. The van der Waals surface area contributed by atoms with Crippen molar-refractivity contribution in [2.75, 3.05) is 25.1 Å². The summed E-state index contributed by atoms with van der Waals surface area (Å²) in [6, 6.07) is 7.12. The lowest BCUT2D eigenvalue weighted by Crippen LogP contribution is -2.39. The molecule has 28 heavy (non-hydrogen) atoms. The van der Waals surface area contributed by atoms with Crippen molar-refractivity contribution in [1.29, 1.82) is 0 Å². The van der Waals surface area contributed by atoms with E-state index >= 15 is 0 Å². The molecule has 1 fully saturated rings. The van der Waals surface area contributed by atoms with Crippen molar-refractivity contribution in [3.05, 3.63) is 41.6 Å². The Bertz CT molecular complexity index is 1050. The zero-order valence-corrected chi connectivity index (χ0v) is 15.6. The summed E-state index contributed by atoms with van der Waals surface area (Å²) in [5, 5.41) is 0. The summed E-state index contributed by atoms with van der Waals surface area (Å²) in [7, 11) is 1.31. The molecule has 0 aliphatic carbocycles. The molecule has 1 aromatic carbocycles. The van der Waals surface area contributed by atoms with Gasteiger partial charge >= 0.3 is 12.1 Å². The molecule has 5 nitrogen and oxygen atoms in total. The van der Waals surface area contributed by atoms with E-state index in [-0.39, 0.29) is 12.8 Å². The van der Waals surface area contributed by atoms with Gasteiger partial charge in [0.1, 0.15) is 0 Å². The van der Waals surface area contributed by atoms with E-state index in [1.54, 1.807) is 18.2 Å². The number of esters is 1. The number of alkyl halides is 3. The van der Waals surface area contributed by atoms with Crippen LogP contribution in [0.25, 0.3) is 16.6 Å². The molecule has 0 bridgehead atoms. The normalized spacial score (nSPS) is 16.1. The fraction of sp³-hybridized carbons (Fsp3) is 0.400. The van der Waals surface area contributed by atoms with Crippen molar-refractivity contribution in [3.8, 4) is 0 Å². The van der Waals surface area contributed by atoms with Crippen LogP contribution < -0.4 is 4.90 Å². The van der Waals surface area contributed by atoms with Gasteiger partial charge in [-0.3, -0.25) is 0 Å². The largest absolute Gasteiger partial charge is 0.465 e. The van der Waals surface area contributed by atoms with Crippen molar-refractivity contribution < 1.29 is 22.7 Å². The van der Waals surface area contributed by atoms with Gasteiger partial charge in [0.05, 0.1) is 35.1 Å². The monoisotopic (exact) mass is 391 g/mol. The molecule has 0 unspecified atom stereocenters. The van der Waals surface area contributed by atoms with Crippen LogP contribution in [0.15, 0.2) is 30.5 Å². The number of aromatic nitrogens is 2. The molecular formula is C20H20F3N3O2. The maximum atomic E-state index is 13.0. The van der Waals surface area contributed by atoms with E-state index in [2.05, 4.69) is 0 Å². The summed E-state index contributed by atoms with van der Waals surface area (Å²) >= 11 is 0. The highest BCUT2D eigenvalue weighted by atomic mass is 19.4. The van der Waals surface area contributed by atoms with Gasteiger partial charge in [0.15, 0.2) is 5.82 Å². The lowest BCUT2D eigenvalue weighted by Gasteiger charge is -2.34. The van der Waals surface area contributed by atoms with Crippen LogP contribution >= 0.6 is 0 Å². The van der Waals surface area contributed by atoms with Crippen LogP contribution in [-0.2, 0) is 4.74 Å². The van der Waals surface area contributed by atoms with Gasteiger partial charge in [-0.2, -0.15) is 13.2 Å². The summed E-state index contributed by atoms with van der Waals surface area (Å²) < 4.78 is 45.8. The molecule has 8 heteroatoms. The Labute approximate surface area is 159 Å². The summed E-state index contributed by atoms with van der Waals surface area (Å²) in [6.45, 7) is 2.54. The number of hydrogen-bond donors (Lipinski definition) is 0. The second kappa shape index (κ2) is 6.68. The van der Waals surface area contributed by atoms with Gasteiger partial charge in [-0.25, -0.2) is 9.78 Å². The molecule has 0 saturated carbocycles. The Morgan fingerprint density at radius 3 is 2.54 bits per heavy atom. The van der Waals surface area contributed by atoms with Crippen LogP contribution in [0.1, 0.15) is 28.8 Å². The summed E-state index contributed by atoms with van der Waals surface area (Å²) in [5.74, 6) is -1.08. The first-order valence-corrected chi connectivity index (χ1v) is 9.10. The number of hydrogen-bond acceptors (Lipinski definition) is 4. The minimum atomic E-state index is -4.15. The fourth-order valence-electron chi connectivity index (χ4n) is 3.85. The first-order valence-electron chi connectivity index (χ1n) is 9.10. The van der Waals surface area contributed by atoms with Crippen molar-refractivity contribution in [2.45, 2.75) is 25.9 Å². The number of nitrogens with zero attached hydrogens (tertiary/aromatic N) is 3. The number of methoxy groups -OCH3 is 1. The van der Waals surface area contributed by atoms with Crippen LogP contribution in [-0.4, -0.2) is 41.7 Å². The average Bonchev–Trinajstić information content (AvgIpc) is 3.07. The molecule has 3 aromatic rings. The highest BCUT2D eigenvalue weighted by molar-refractivity contribution is 5.95. The second-order valence-electron chi connectivity index (χ2n) is 7.21. The molecule has 2 aromatic heterocycles. The molecular weight excluding hydrogens is 371 g/mol. The Balaban J connectivity index is 1.79. The number of halogens is 3. The number of piperidine rings is 1. The van der Waals surface area contributed by atoms with Crippen molar-refractivity contribution in [1.82, 2.24) is 9.38 Å². The maximum absolute atomic E-state index is 13.0. The van der Waals surface area contributed by atoms with E-state index in [1.165, 1.54) is 7.11 Å². The highest BCUT2D eigenvalue weighted by Gasteiger charge is 2.41. The number of fused-ring (bicyclic) bond motifs is 3. The lowest BCUT2D eigenvalue weighted by atomic mass is 9.96.